The van der Waals surface area contributed by atoms with E-state index in [1.54, 1.807) is 4.57 Å². The largest absolute Gasteiger partial charge is 0.369 e. The van der Waals surface area contributed by atoms with Crippen molar-refractivity contribution in [3.63, 3.8) is 0 Å². The summed E-state index contributed by atoms with van der Waals surface area (Å²) in [7, 11) is 0. The predicted molar refractivity (Wildman–Crippen MR) is 65.4 cm³/mol. The number of imidazole rings is 1. The van der Waals surface area contributed by atoms with Crippen LogP contribution >= 0.6 is 27.5 Å². The molecule has 0 saturated heterocycles. The van der Waals surface area contributed by atoms with E-state index in [1.165, 1.54) is 0 Å². The van der Waals surface area contributed by atoms with Crippen LogP contribution in [0.1, 0.15) is 5.69 Å². The smallest absolute Gasteiger partial charge is 0.205 e. The summed E-state index contributed by atoms with van der Waals surface area (Å²) in [6, 6.07) is 5.61. The van der Waals surface area contributed by atoms with Gasteiger partial charge in [-0.1, -0.05) is 17.7 Å². The SMILES string of the molecule is Cc1cn(-c2cccc(Cl)c2Br)c(N)n1. The van der Waals surface area contributed by atoms with E-state index in [2.05, 4.69) is 20.9 Å². The molecular formula is C10H9BrClN3. The van der Waals surface area contributed by atoms with Crippen LogP contribution in [-0.4, -0.2) is 9.55 Å². The first-order valence-corrected chi connectivity index (χ1v) is 5.52. The van der Waals surface area contributed by atoms with Gasteiger partial charge in [0, 0.05) is 6.20 Å². The number of hydrogen-bond donors (Lipinski definition) is 1. The molecule has 0 fully saturated rings. The number of benzene rings is 1. The lowest BCUT2D eigenvalue weighted by Gasteiger charge is -2.07. The van der Waals surface area contributed by atoms with E-state index in [-0.39, 0.29) is 0 Å². The second kappa shape index (κ2) is 3.87. The average Bonchev–Trinajstić information content (AvgIpc) is 2.50. The third-order valence-corrected chi connectivity index (χ3v) is 3.42. The van der Waals surface area contributed by atoms with Crippen LogP contribution in [0.5, 0.6) is 0 Å². The number of hydrogen-bond acceptors (Lipinski definition) is 2. The van der Waals surface area contributed by atoms with Crippen LogP contribution < -0.4 is 5.73 Å². The number of anilines is 1. The van der Waals surface area contributed by atoms with Crippen molar-refractivity contribution in [1.29, 1.82) is 0 Å². The molecule has 3 nitrogen and oxygen atoms in total. The summed E-state index contributed by atoms with van der Waals surface area (Å²) >= 11 is 9.43. The van der Waals surface area contributed by atoms with Crippen LogP contribution in [0.2, 0.25) is 5.02 Å². The third kappa shape index (κ3) is 1.87. The number of nitrogens with zero attached hydrogens (tertiary/aromatic N) is 2. The number of nitrogen functional groups attached to an aromatic ring is 1. The second-order valence-electron chi connectivity index (χ2n) is 3.18. The third-order valence-electron chi connectivity index (χ3n) is 2.04. The molecule has 1 aromatic carbocycles. The molecule has 5 heteroatoms. The Morgan fingerprint density at radius 2 is 2.20 bits per heavy atom. The van der Waals surface area contributed by atoms with Crippen molar-refractivity contribution in [3.8, 4) is 5.69 Å². The zero-order valence-corrected chi connectivity index (χ0v) is 10.4. The average molecular weight is 287 g/mol. The highest BCUT2D eigenvalue weighted by atomic mass is 79.9. The number of rotatable bonds is 1. The van der Waals surface area contributed by atoms with E-state index >= 15 is 0 Å². The van der Waals surface area contributed by atoms with E-state index in [4.69, 9.17) is 17.3 Å². The van der Waals surface area contributed by atoms with Crippen LogP contribution in [0.15, 0.2) is 28.9 Å². The number of aromatic nitrogens is 2. The van der Waals surface area contributed by atoms with Gasteiger partial charge in [0.15, 0.2) is 0 Å². The number of aryl methyl sites for hydroxylation is 1. The molecule has 0 saturated carbocycles. The molecule has 2 N–H and O–H groups in total. The van der Waals surface area contributed by atoms with Crippen LogP contribution in [0.25, 0.3) is 5.69 Å². The summed E-state index contributed by atoms with van der Waals surface area (Å²) in [6.45, 7) is 1.89. The molecular weight excluding hydrogens is 277 g/mol. The standard InChI is InChI=1S/C10H9BrClN3/c1-6-5-15(10(13)14-6)8-4-2-3-7(12)9(8)11/h2-5H,1H3,(H2,13,14). The molecule has 1 aromatic heterocycles. The first-order chi connectivity index (χ1) is 7.09. The molecule has 15 heavy (non-hydrogen) atoms. The quantitative estimate of drug-likeness (QED) is 0.875. The van der Waals surface area contributed by atoms with Crippen LogP contribution in [0, 0.1) is 6.92 Å². The Labute approximate surface area is 101 Å². The number of halogens is 2. The fourth-order valence-electron chi connectivity index (χ4n) is 1.39. The lowest BCUT2D eigenvalue weighted by Crippen LogP contribution is -2.00. The zero-order valence-electron chi connectivity index (χ0n) is 8.04. The van der Waals surface area contributed by atoms with E-state index in [9.17, 15) is 0 Å². The Morgan fingerprint density at radius 3 is 2.80 bits per heavy atom. The van der Waals surface area contributed by atoms with Gasteiger partial charge in [0.1, 0.15) is 0 Å². The normalized spacial score (nSPS) is 10.6. The van der Waals surface area contributed by atoms with Crippen molar-refractivity contribution < 1.29 is 0 Å². The van der Waals surface area contributed by atoms with Crippen LogP contribution in [0.3, 0.4) is 0 Å². The molecule has 0 radical (unpaired) electrons. The van der Waals surface area contributed by atoms with Gasteiger partial charge in [0.25, 0.3) is 0 Å². The van der Waals surface area contributed by atoms with Gasteiger partial charge in [0.2, 0.25) is 5.95 Å². The van der Waals surface area contributed by atoms with Gasteiger partial charge >= 0.3 is 0 Å². The van der Waals surface area contributed by atoms with Crippen molar-refractivity contribution in [1.82, 2.24) is 9.55 Å². The van der Waals surface area contributed by atoms with Crippen molar-refractivity contribution in [2.75, 3.05) is 5.73 Å². The molecule has 0 amide bonds. The monoisotopic (exact) mass is 285 g/mol. The maximum atomic E-state index is 6.00. The summed E-state index contributed by atoms with van der Waals surface area (Å²) in [5.74, 6) is 0.454. The van der Waals surface area contributed by atoms with Gasteiger partial charge in [0.05, 0.1) is 20.9 Å². The zero-order chi connectivity index (χ0) is 11.0. The fraction of sp³-hybridized carbons (Fsp3) is 0.100. The molecule has 0 unspecified atom stereocenters. The Bertz CT molecular complexity index is 507. The number of nitrogens with two attached hydrogens (primary N) is 1. The van der Waals surface area contributed by atoms with Crippen molar-refractivity contribution in [3.05, 3.63) is 39.6 Å². The summed E-state index contributed by atoms with van der Waals surface area (Å²) in [4.78, 5) is 4.14. The van der Waals surface area contributed by atoms with Crippen LogP contribution in [0.4, 0.5) is 5.95 Å². The van der Waals surface area contributed by atoms with Crippen LogP contribution in [-0.2, 0) is 0 Å². The highest BCUT2D eigenvalue weighted by molar-refractivity contribution is 9.10. The Morgan fingerprint density at radius 1 is 1.47 bits per heavy atom. The van der Waals surface area contributed by atoms with Gasteiger partial charge < -0.3 is 5.73 Å². The molecule has 2 aromatic rings. The summed E-state index contributed by atoms with van der Waals surface area (Å²) in [5, 5.41) is 0.651. The highest BCUT2D eigenvalue weighted by Crippen LogP contribution is 2.30. The Balaban J connectivity index is 2.64. The van der Waals surface area contributed by atoms with Gasteiger partial charge in [-0.25, -0.2) is 4.98 Å². The molecule has 0 bridgehead atoms. The first-order valence-electron chi connectivity index (χ1n) is 4.35. The minimum absolute atomic E-state index is 0.454. The maximum absolute atomic E-state index is 6.00. The molecule has 0 spiro atoms. The van der Waals surface area contributed by atoms with Gasteiger partial charge in [-0.3, -0.25) is 4.57 Å². The van der Waals surface area contributed by atoms with E-state index < -0.39 is 0 Å². The van der Waals surface area contributed by atoms with E-state index in [0.29, 0.717) is 11.0 Å². The maximum Gasteiger partial charge on any atom is 0.205 e. The summed E-state index contributed by atoms with van der Waals surface area (Å²) < 4.78 is 2.61. The minimum Gasteiger partial charge on any atom is -0.369 e. The summed E-state index contributed by atoms with van der Waals surface area (Å²) in [5.41, 5.74) is 7.54. The van der Waals surface area contributed by atoms with Crippen molar-refractivity contribution >= 4 is 33.5 Å². The van der Waals surface area contributed by atoms with Crippen molar-refractivity contribution in [2.45, 2.75) is 6.92 Å². The minimum atomic E-state index is 0.454. The first kappa shape index (κ1) is 10.5. The lowest BCUT2D eigenvalue weighted by atomic mass is 10.3. The van der Waals surface area contributed by atoms with E-state index in [0.717, 1.165) is 15.9 Å². The molecule has 2 rings (SSSR count). The van der Waals surface area contributed by atoms with Gasteiger partial charge in [-0.05, 0) is 35.0 Å². The second-order valence-corrected chi connectivity index (χ2v) is 4.38. The fourth-order valence-corrected chi connectivity index (χ4v) is 2.01. The molecule has 0 aliphatic carbocycles. The molecule has 0 atom stereocenters. The topological polar surface area (TPSA) is 43.8 Å². The predicted octanol–water partition coefficient (Wildman–Crippen LogP) is 3.18. The summed E-state index contributed by atoms with van der Waals surface area (Å²) in [6.07, 6.45) is 1.87. The Hall–Kier alpha value is -1.00. The van der Waals surface area contributed by atoms with Gasteiger partial charge in [-0.2, -0.15) is 0 Å². The van der Waals surface area contributed by atoms with E-state index in [1.807, 2.05) is 31.3 Å². The Kier molecular flexibility index (Phi) is 2.71. The molecule has 0 aliphatic heterocycles. The highest BCUT2D eigenvalue weighted by Gasteiger charge is 2.09. The molecule has 1 heterocycles. The molecule has 78 valence electrons. The van der Waals surface area contributed by atoms with Gasteiger partial charge in [-0.15, -0.1) is 0 Å². The van der Waals surface area contributed by atoms with Crippen molar-refractivity contribution in [2.24, 2.45) is 0 Å². The lowest BCUT2D eigenvalue weighted by molar-refractivity contribution is 1.07. The molecule has 0 aliphatic rings.